The van der Waals surface area contributed by atoms with Crippen molar-refractivity contribution in [2.45, 2.75) is 20.8 Å². The Morgan fingerprint density at radius 3 is 1.06 bits per heavy atom. The number of aromatic nitrogens is 3. The number of nitrogens with zero attached hydrogens (tertiary/aromatic N) is 3. The van der Waals surface area contributed by atoms with Crippen LogP contribution in [0.1, 0.15) is 38.2 Å². The third-order valence-corrected chi connectivity index (χ3v) is 2.27. The van der Waals surface area contributed by atoms with Crippen molar-refractivity contribution in [3.8, 4) is 0 Å². The van der Waals surface area contributed by atoms with Gasteiger partial charge in [0.1, 0.15) is 0 Å². The zero-order chi connectivity index (χ0) is 13.7. The lowest BCUT2D eigenvalue weighted by Gasteiger charge is -2.06. The molecule has 0 saturated carbocycles. The molecule has 0 bridgehead atoms. The molecule has 0 spiro atoms. The molecule has 0 aliphatic carbocycles. The first-order valence-electron chi connectivity index (χ1n) is 5.23. The quantitative estimate of drug-likeness (QED) is 0.712. The van der Waals surface area contributed by atoms with E-state index in [1.54, 1.807) is 20.8 Å². The second-order valence-electron chi connectivity index (χ2n) is 3.74. The third kappa shape index (κ3) is 2.85. The van der Waals surface area contributed by atoms with Crippen LogP contribution in [0.5, 0.6) is 0 Å². The third-order valence-electron chi connectivity index (χ3n) is 2.27. The Kier molecular flexibility index (Phi) is 4.42. The highest BCUT2D eigenvalue weighted by Crippen LogP contribution is 2.16. The Morgan fingerprint density at radius 2 is 0.889 bits per heavy atom. The van der Waals surface area contributed by atoms with Crippen molar-refractivity contribution >= 4 is 16.7 Å². The molecule has 1 aromatic rings. The van der Waals surface area contributed by atoms with Crippen LogP contribution in [0.3, 0.4) is 0 Å². The first kappa shape index (κ1) is 13.7. The fourth-order valence-electron chi connectivity index (χ4n) is 1.08. The molecule has 0 aromatic carbocycles. The molecule has 6 heteroatoms. The summed E-state index contributed by atoms with van der Waals surface area (Å²) < 4.78 is 0. The zero-order valence-corrected chi connectivity index (χ0v) is 10.4. The predicted octanol–water partition coefficient (Wildman–Crippen LogP) is 2.63. The highest BCUT2D eigenvalue weighted by molar-refractivity contribution is 5.64. The summed E-state index contributed by atoms with van der Waals surface area (Å²) in [7, 11) is 0. The highest BCUT2D eigenvalue weighted by atomic mass is 16.2. The first-order valence-corrected chi connectivity index (χ1v) is 5.23. The molecule has 0 aliphatic rings. The average Bonchev–Trinajstić information content (AvgIpc) is 2.43. The van der Waals surface area contributed by atoms with Crippen molar-refractivity contribution < 1.29 is 15.3 Å². The minimum absolute atomic E-state index is 0.278. The Morgan fingerprint density at radius 1 is 0.667 bits per heavy atom. The van der Waals surface area contributed by atoms with Crippen molar-refractivity contribution in [3.63, 3.8) is 0 Å². The van der Waals surface area contributed by atoms with Crippen molar-refractivity contribution in [2.75, 3.05) is 0 Å². The first-order chi connectivity index (χ1) is 8.53. The lowest BCUT2D eigenvalue weighted by molar-refractivity contribution is 0.474. The number of aliphatic hydroxyl groups is 3. The van der Waals surface area contributed by atoms with Crippen LogP contribution < -0.4 is 0 Å². The molecule has 0 amide bonds. The second kappa shape index (κ2) is 5.81. The van der Waals surface area contributed by atoms with E-state index in [1.165, 1.54) is 0 Å². The smallest absolute Gasteiger partial charge is 0.162 e. The maximum Gasteiger partial charge on any atom is 0.162 e. The summed E-state index contributed by atoms with van der Waals surface area (Å²) in [5.41, 5.74) is 1.36. The standard InChI is InChI=1S/C12H15N3O3/c1-7(4-16)10-13-11(8(2)5-17)15-12(14-10)9(3)6-18/h4-6,16-18H,1-3H3/b7-4+,8-5+,9-6+. The monoisotopic (exact) mass is 249 g/mol. The van der Waals surface area contributed by atoms with Gasteiger partial charge in [-0.05, 0) is 20.8 Å². The molecule has 0 aliphatic heterocycles. The normalized spacial score (nSPS) is 13.8. The molecule has 1 heterocycles. The maximum absolute atomic E-state index is 8.97. The molecule has 0 atom stereocenters. The van der Waals surface area contributed by atoms with Crippen molar-refractivity contribution in [3.05, 3.63) is 36.3 Å². The molecule has 6 nitrogen and oxygen atoms in total. The van der Waals surface area contributed by atoms with E-state index in [0.717, 1.165) is 18.8 Å². The van der Waals surface area contributed by atoms with Crippen LogP contribution in [0.25, 0.3) is 16.7 Å². The van der Waals surface area contributed by atoms with Gasteiger partial charge in [-0.25, -0.2) is 15.0 Å². The van der Waals surface area contributed by atoms with Crippen LogP contribution in [0.2, 0.25) is 0 Å². The highest BCUT2D eigenvalue weighted by Gasteiger charge is 2.11. The molecule has 0 fully saturated rings. The maximum atomic E-state index is 8.97. The van der Waals surface area contributed by atoms with Gasteiger partial charge in [0.15, 0.2) is 17.5 Å². The van der Waals surface area contributed by atoms with E-state index in [9.17, 15) is 0 Å². The molecular weight excluding hydrogens is 234 g/mol. The van der Waals surface area contributed by atoms with Gasteiger partial charge in [0.2, 0.25) is 0 Å². The SMILES string of the molecule is C/C(=C\O)c1nc(/C(C)=C/O)nc(/C(C)=C/O)n1. The van der Waals surface area contributed by atoms with E-state index in [1.807, 2.05) is 0 Å². The molecular formula is C12H15N3O3. The summed E-state index contributed by atoms with van der Waals surface area (Å²) in [6.07, 6.45) is 2.66. The van der Waals surface area contributed by atoms with Crippen LogP contribution in [-0.2, 0) is 0 Å². The van der Waals surface area contributed by atoms with Gasteiger partial charge in [-0.3, -0.25) is 0 Å². The Balaban J connectivity index is 3.48. The molecule has 18 heavy (non-hydrogen) atoms. The van der Waals surface area contributed by atoms with Gasteiger partial charge in [-0.15, -0.1) is 0 Å². The van der Waals surface area contributed by atoms with Gasteiger partial charge in [0.05, 0.1) is 18.8 Å². The Hall–Kier alpha value is -2.37. The number of rotatable bonds is 3. The van der Waals surface area contributed by atoms with Gasteiger partial charge < -0.3 is 15.3 Å². The summed E-state index contributed by atoms with van der Waals surface area (Å²) >= 11 is 0. The number of hydrogen-bond acceptors (Lipinski definition) is 6. The van der Waals surface area contributed by atoms with Crippen LogP contribution in [0.4, 0.5) is 0 Å². The van der Waals surface area contributed by atoms with Crippen LogP contribution in [-0.4, -0.2) is 30.3 Å². The summed E-state index contributed by atoms with van der Waals surface area (Å²) in [6, 6.07) is 0. The van der Waals surface area contributed by atoms with Gasteiger partial charge in [0.25, 0.3) is 0 Å². The minimum Gasteiger partial charge on any atom is -0.515 e. The van der Waals surface area contributed by atoms with E-state index in [2.05, 4.69) is 15.0 Å². The van der Waals surface area contributed by atoms with Crippen LogP contribution in [0, 0.1) is 0 Å². The molecule has 0 unspecified atom stereocenters. The number of allylic oxidation sites excluding steroid dienone is 3. The second-order valence-corrected chi connectivity index (χ2v) is 3.74. The van der Waals surface area contributed by atoms with Gasteiger partial charge in [-0.2, -0.15) is 0 Å². The van der Waals surface area contributed by atoms with Gasteiger partial charge in [-0.1, -0.05) is 0 Å². The topological polar surface area (TPSA) is 99.4 Å². The van der Waals surface area contributed by atoms with Crippen molar-refractivity contribution in [2.24, 2.45) is 0 Å². The fourth-order valence-corrected chi connectivity index (χ4v) is 1.08. The fraction of sp³-hybridized carbons (Fsp3) is 0.250. The van der Waals surface area contributed by atoms with E-state index in [0.29, 0.717) is 16.7 Å². The van der Waals surface area contributed by atoms with Crippen molar-refractivity contribution in [1.82, 2.24) is 15.0 Å². The summed E-state index contributed by atoms with van der Waals surface area (Å²) in [6.45, 7) is 4.91. The lowest BCUT2D eigenvalue weighted by Crippen LogP contribution is -2.05. The number of aliphatic hydroxyl groups excluding tert-OH is 3. The average molecular weight is 249 g/mol. The summed E-state index contributed by atoms with van der Waals surface area (Å²) in [5, 5.41) is 26.9. The zero-order valence-electron chi connectivity index (χ0n) is 10.4. The number of hydrogen-bond donors (Lipinski definition) is 3. The molecule has 0 saturated heterocycles. The molecule has 96 valence electrons. The molecule has 1 rings (SSSR count). The molecule has 1 aromatic heterocycles. The summed E-state index contributed by atoms with van der Waals surface area (Å²) in [5.74, 6) is 0.833. The van der Waals surface area contributed by atoms with E-state index in [4.69, 9.17) is 15.3 Å². The minimum atomic E-state index is 0.278. The predicted molar refractivity (Wildman–Crippen MR) is 68.7 cm³/mol. The van der Waals surface area contributed by atoms with E-state index < -0.39 is 0 Å². The molecule has 0 radical (unpaired) electrons. The van der Waals surface area contributed by atoms with Gasteiger partial charge in [0, 0.05) is 16.7 Å². The Labute approximate surface area is 105 Å². The largest absolute Gasteiger partial charge is 0.515 e. The van der Waals surface area contributed by atoms with Gasteiger partial charge >= 0.3 is 0 Å². The van der Waals surface area contributed by atoms with E-state index >= 15 is 0 Å². The van der Waals surface area contributed by atoms with Crippen LogP contribution in [0.15, 0.2) is 18.8 Å². The lowest BCUT2D eigenvalue weighted by atomic mass is 10.2. The van der Waals surface area contributed by atoms with Crippen molar-refractivity contribution in [1.29, 1.82) is 0 Å². The Bertz CT molecular complexity index is 445. The molecule has 3 N–H and O–H groups in total. The summed E-state index contributed by atoms with van der Waals surface area (Å²) in [4.78, 5) is 12.3. The van der Waals surface area contributed by atoms with Crippen LogP contribution >= 0.6 is 0 Å². The van der Waals surface area contributed by atoms with E-state index in [-0.39, 0.29) is 17.5 Å².